The van der Waals surface area contributed by atoms with Crippen molar-refractivity contribution in [2.75, 3.05) is 0 Å². The summed E-state index contributed by atoms with van der Waals surface area (Å²) in [7, 11) is 0. The number of ether oxygens (including phenoxy) is 2. The lowest BCUT2D eigenvalue weighted by Crippen LogP contribution is -2.31. The first-order valence-corrected chi connectivity index (χ1v) is 9.61. The van der Waals surface area contributed by atoms with Crippen LogP contribution in [0, 0.1) is 0 Å². The van der Waals surface area contributed by atoms with Gasteiger partial charge in [-0.05, 0) is 52.0 Å². The highest BCUT2D eigenvalue weighted by Crippen LogP contribution is 2.18. The molecule has 0 bridgehead atoms. The van der Waals surface area contributed by atoms with Gasteiger partial charge in [0.05, 0.1) is 5.69 Å². The fourth-order valence-corrected chi connectivity index (χ4v) is 2.47. The molecule has 0 radical (unpaired) electrons. The van der Waals surface area contributed by atoms with Crippen LogP contribution in [0.2, 0.25) is 0 Å². The smallest absolute Gasteiger partial charge is 0.407 e. The molecule has 1 heterocycles. The van der Waals surface area contributed by atoms with Crippen molar-refractivity contribution in [2.24, 2.45) is 0 Å². The summed E-state index contributed by atoms with van der Waals surface area (Å²) in [6.45, 7) is 7.16. The van der Waals surface area contributed by atoms with Gasteiger partial charge in [0.15, 0.2) is 0 Å². The number of nitrogens with zero attached hydrogens (tertiary/aromatic N) is 3. The van der Waals surface area contributed by atoms with E-state index in [9.17, 15) is 9.59 Å². The van der Waals surface area contributed by atoms with E-state index in [0.29, 0.717) is 11.4 Å². The Morgan fingerprint density at radius 2 is 1.54 bits per heavy atom. The van der Waals surface area contributed by atoms with Gasteiger partial charge in [-0.3, -0.25) is 0 Å². The van der Waals surface area contributed by atoms with Crippen molar-refractivity contribution >= 4 is 28.1 Å². The van der Waals surface area contributed by atoms with E-state index in [1.54, 1.807) is 4.68 Å². The maximum Gasteiger partial charge on any atom is 0.407 e. The van der Waals surface area contributed by atoms with E-state index in [1.807, 2.05) is 52.0 Å². The van der Waals surface area contributed by atoms with E-state index in [-0.39, 0.29) is 25.3 Å². The van der Waals surface area contributed by atoms with Crippen LogP contribution < -0.4 is 10.6 Å². The molecule has 2 N–H and O–H groups in total. The van der Waals surface area contributed by atoms with Crippen molar-refractivity contribution in [1.82, 2.24) is 25.6 Å². The molecule has 1 aromatic carbocycles. The number of hydrogen-bond donors (Lipinski definition) is 2. The summed E-state index contributed by atoms with van der Waals surface area (Å²) in [4.78, 5) is 23.6. The predicted molar refractivity (Wildman–Crippen MR) is 106 cm³/mol. The zero-order valence-electron chi connectivity index (χ0n) is 16.2. The second kappa shape index (κ2) is 10.1. The average molecular weight is 454 g/mol. The van der Waals surface area contributed by atoms with E-state index in [0.717, 1.165) is 10.2 Å². The van der Waals surface area contributed by atoms with Crippen LogP contribution in [-0.2, 0) is 22.7 Å². The summed E-state index contributed by atoms with van der Waals surface area (Å²) in [5, 5.41) is 13.5. The first-order chi connectivity index (χ1) is 13.3. The molecule has 2 aromatic rings. The quantitative estimate of drug-likeness (QED) is 0.665. The highest BCUT2D eigenvalue weighted by Gasteiger charge is 2.18. The molecule has 2 rings (SSSR count). The number of aromatic nitrogens is 3. The first-order valence-electron chi connectivity index (χ1n) is 8.82. The van der Waals surface area contributed by atoms with Gasteiger partial charge in [0.1, 0.15) is 24.6 Å². The number of amides is 2. The standard InChI is InChI=1S/C18H24BrN5O4/c1-11(2)20-17(25)27-9-15-16(10-28-18(26)21-12(3)4)24(23-22-15)14-7-5-13(19)6-8-14/h5-8,11-12H,9-10H2,1-4H3,(H,20,25)(H,21,26). The molecule has 0 aliphatic carbocycles. The molecular weight excluding hydrogens is 430 g/mol. The summed E-state index contributed by atoms with van der Waals surface area (Å²) in [6.07, 6.45) is -1.11. The van der Waals surface area contributed by atoms with Gasteiger partial charge in [0.25, 0.3) is 0 Å². The topological polar surface area (TPSA) is 107 Å². The zero-order chi connectivity index (χ0) is 20.7. The molecule has 9 nitrogen and oxygen atoms in total. The molecule has 0 unspecified atom stereocenters. The number of carbonyl (C=O) groups is 2. The van der Waals surface area contributed by atoms with Crippen LogP contribution in [0.1, 0.15) is 39.1 Å². The van der Waals surface area contributed by atoms with E-state index < -0.39 is 12.2 Å². The predicted octanol–water partition coefficient (Wildman–Crippen LogP) is 3.30. The summed E-state index contributed by atoms with van der Waals surface area (Å²) in [6, 6.07) is 7.30. The molecule has 0 atom stereocenters. The van der Waals surface area contributed by atoms with Crippen molar-refractivity contribution in [3.8, 4) is 5.69 Å². The fraction of sp³-hybridized carbons (Fsp3) is 0.444. The molecule has 1 aromatic heterocycles. The number of nitrogens with one attached hydrogen (secondary N) is 2. The van der Waals surface area contributed by atoms with Crippen molar-refractivity contribution in [2.45, 2.75) is 53.0 Å². The summed E-state index contributed by atoms with van der Waals surface area (Å²) in [5.74, 6) is 0. The van der Waals surface area contributed by atoms with Crippen LogP contribution in [0.5, 0.6) is 0 Å². The van der Waals surface area contributed by atoms with Crippen molar-refractivity contribution in [3.63, 3.8) is 0 Å². The first kappa shape index (κ1) is 21.7. The second-order valence-corrected chi connectivity index (χ2v) is 7.54. The minimum absolute atomic E-state index is 0.0477. The van der Waals surface area contributed by atoms with Crippen LogP contribution in [0.4, 0.5) is 9.59 Å². The van der Waals surface area contributed by atoms with Gasteiger partial charge in [0.2, 0.25) is 0 Å². The normalized spacial score (nSPS) is 10.8. The Bertz CT molecular complexity index is 805. The zero-order valence-corrected chi connectivity index (χ0v) is 17.8. The monoisotopic (exact) mass is 453 g/mol. The van der Waals surface area contributed by atoms with E-state index in [1.165, 1.54) is 0 Å². The van der Waals surface area contributed by atoms with E-state index >= 15 is 0 Å². The lowest BCUT2D eigenvalue weighted by molar-refractivity contribution is 0.127. The van der Waals surface area contributed by atoms with Crippen LogP contribution >= 0.6 is 15.9 Å². The molecule has 0 aliphatic heterocycles. The molecular formula is C18H24BrN5O4. The van der Waals surface area contributed by atoms with Gasteiger partial charge in [-0.25, -0.2) is 14.3 Å². The number of carbonyl (C=O) groups excluding carboxylic acids is 2. The van der Waals surface area contributed by atoms with Crippen LogP contribution in [0.25, 0.3) is 5.69 Å². The SMILES string of the molecule is CC(C)NC(=O)OCc1nnn(-c2ccc(Br)cc2)c1COC(=O)NC(C)C. The number of rotatable bonds is 7. The molecule has 0 spiro atoms. The van der Waals surface area contributed by atoms with Gasteiger partial charge >= 0.3 is 12.2 Å². The van der Waals surface area contributed by atoms with Gasteiger partial charge in [-0.1, -0.05) is 21.1 Å². The summed E-state index contributed by atoms with van der Waals surface area (Å²) in [5.41, 5.74) is 1.65. The van der Waals surface area contributed by atoms with Gasteiger partial charge in [-0.15, -0.1) is 5.10 Å². The Morgan fingerprint density at radius 1 is 1.00 bits per heavy atom. The van der Waals surface area contributed by atoms with Crippen LogP contribution in [0.15, 0.2) is 28.7 Å². The van der Waals surface area contributed by atoms with Crippen LogP contribution in [-0.4, -0.2) is 39.3 Å². The minimum Gasteiger partial charge on any atom is -0.443 e. The molecule has 0 saturated heterocycles. The van der Waals surface area contributed by atoms with E-state index in [2.05, 4.69) is 36.9 Å². The number of alkyl carbamates (subject to hydrolysis) is 2. The van der Waals surface area contributed by atoms with Gasteiger partial charge < -0.3 is 20.1 Å². The third-order valence-electron chi connectivity index (χ3n) is 3.41. The largest absolute Gasteiger partial charge is 0.443 e. The maximum atomic E-state index is 11.9. The third-order valence-corrected chi connectivity index (χ3v) is 3.94. The molecule has 152 valence electrons. The lowest BCUT2D eigenvalue weighted by atomic mass is 10.3. The molecule has 28 heavy (non-hydrogen) atoms. The Kier molecular flexibility index (Phi) is 7.80. The Labute approximate surface area is 171 Å². The average Bonchev–Trinajstić information content (AvgIpc) is 3.00. The maximum absolute atomic E-state index is 11.9. The summed E-state index contributed by atoms with van der Waals surface area (Å²) < 4.78 is 12.9. The Balaban J connectivity index is 2.20. The fourth-order valence-electron chi connectivity index (χ4n) is 2.20. The highest BCUT2D eigenvalue weighted by atomic mass is 79.9. The Morgan fingerprint density at radius 3 is 2.07 bits per heavy atom. The Hall–Kier alpha value is -2.62. The van der Waals surface area contributed by atoms with Crippen molar-refractivity contribution < 1.29 is 19.1 Å². The molecule has 2 amide bonds. The second-order valence-electron chi connectivity index (χ2n) is 6.62. The minimum atomic E-state index is -0.558. The molecule has 0 fully saturated rings. The number of halogens is 1. The third kappa shape index (κ3) is 6.52. The number of benzene rings is 1. The van der Waals surface area contributed by atoms with E-state index in [4.69, 9.17) is 9.47 Å². The van der Waals surface area contributed by atoms with Crippen molar-refractivity contribution in [1.29, 1.82) is 0 Å². The summed E-state index contributed by atoms with van der Waals surface area (Å²) >= 11 is 3.39. The molecule has 0 aliphatic rings. The number of hydrogen-bond acceptors (Lipinski definition) is 6. The lowest BCUT2D eigenvalue weighted by Gasteiger charge is -2.12. The van der Waals surface area contributed by atoms with Crippen LogP contribution in [0.3, 0.4) is 0 Å². The van der Waals surface area contributed by atoms with Crippen molar-refractivity contribution in [3.05, 3.63) is 40.1 Å². The van der Waals surface area contributed by atoms with Gasteiger partial charge in [-0.2, -0.15) is 0 Å². The molecule has 10 heteroatoms. The van der Waals surface area contributed by atoms with Gasteiger partial charge in [0, 0.05) is 16.6 Å². The molecule has 0 saturated carbocycles. The highest BCUT2D eigenvalue weighted by molar-refractivity contribution is 9.10.